The van der Waals surface area contributed by atoms with Crippen LogP contribution in [0, 0.1) is 5.41 Å². The Morgan fingerprint density at radius 2 is 2.00 bits per heavy atom. The van der Waals surface area contributed by atoms with E-state index in [1.165, 1.54) is 5.56 Å². The Morgan fingerprint density at radius 3 is 2.53 bits per heavy atom. The third kappa shape index (κ3) is 3.82. The van der Waals surface area contributed by atoms with Crippen LogP contribution in [0.4, 0.5) is 0 Å². The van der Waals surface area contributed by atoms with Crippen LogP contribution >= 0.6 is 0 Å². The second-order valence-electron chi connectivity index (χ2n) is 6.80. The molecule has 1 aromatic heterocycles. The van der Waals surface area contributed by atoms with Crippen molar-refractivity contribution in [2.75, 3.05) is 13.1 Å². The van der Waals surface area contributed by atoms with Crippen molar-refractivity contribution in [3.8, 4) is 0 Å². The molecular weight excluding hydrogens is 238 g/mol. The van der Waals surface area contributed by atoms with E-state index < -0.39 is 0 Å². The van der Waals surface area contributed by atoms with E-state index in [0.717, 1.165) is 32.4 Å². The van der Waals surface area contributed by atoms with E-state index >= 15 is 0 Å². The van der Waals surface area contributed by atoms with Crippen LogP contribution < -0.4 is 0 Å². The molecule has 0 unspecified atom stereocenters. The number of carbonyl (C=O) groups is 1. The number of carbonyl (C=O) groups excluding carboxylic acids is 1. The maximum absolute atomic E-state index is 11.3. The average Bonchev–Trinajstić information content (AvgIpc) is 2.75. The van der Waals surface area contributed by atoms with Gasteiger partial charge in [0.1, 0.15) is 0 Å². The number of nitrogens with zero attached hydrogens (tertiary/aromatic N) is 3. The standard InChI is InChI=1S/C15H25N3O/c1-12(19)17-7-5-14(6-8-17)18-11-13(10-16-18)9-15(2,3)4/h10-11,14H,5-9H2,1-4H3. The van der Waals surface area contributed by atoms with Gasteiger partial charge < -0.3 is 4.90 Å². The fourth-order valence-corrected chi connectivity index (χ4v) is 2.73. The number of rotatable bonds is 2. The zero-order valence-electron chi connectivity index (χ0n) is 12.5. The van der Waals surface area contributed by atoms with E-state index in [9.17, 15) is 4.79 Å². The fraction of sp³-hybridized carbons (Fsp3) is 0.733. The summed E-state index contributed by atoms with van der Waals surface area (Å²) >= 11 is 0. The predicted molar refractivity (Wildman–Crippen MR) is 75.9 cm³/mol. The highest BCUT2D eigenvalue weighted by Gasteiger charge is 2.22. The molecule has 0 radical (unpaired) electrons. The molecule has 2 rings (SSSR count). The van der Waals surface area contributed by atoms with Crippen molar-refractivity contribution in [2.24, 2.45) is 5.41 Å². The van der Waals surface area contributed by atoms with Crippen LogP contribution in [0.5, 0.6) is 0 Å². The van der Waals surface area contributed by atoms with Gasteiger partial charge in [-0.1, -0.05) is 20.8 Å². The number of piperidine rings is 1. The summed E-state index contributed by atoms with van der Waals surface area (Å²) in [4.78, 5) is 13.2. The molecule has 0 saturated carbocycles. The molecule has 1 amide bonds. The molecule has 4 heteroatoms. The van der Waals surface area contributed by atoms with Crippen molar-refractivity contribution >= 4 is 5.91 Å². The second-order valence-corrected chi connectivity index (χ2v) is 6.80. The van der Waals surface area contributed by atoms with Crippen molar-refractivity contribution in [3.05, 3.63) is 18.0 Å². The van der Waals surface area contributed by atoms with Gasteiger partial charge in [-0.15, -0.1) is 0 Å². The molecule has 0 N–H and O–H groups in total. The summed E-state index contributed by atoms with van der Waals surface area (Å²) < 4.78 is 2.10. The Bertz CT molecular complexity index is 436. The molecule has 1 aliphatic rings. The van der Waals surface area contributed by atoms with Gasteiger partial charge in [-0.2, -0.15) is 5.10 Å². The van der Waals surface area contributed by atoms with E-state index in [0.29, 0.717) is 11.5 Å². The Hall–Kier alpha value is -1.32. The van der Waals surface area contributed by atoms with Crippen molar-refractivity contribution in [3.63, 3.8) is 0 Å². The predicted octanol–water partition coefficient (Wildman–Crippen LogP) is 2.66. The third-order valence-corrected chi connectivity index (χ3v) is 3.67. The van der Waals surface area contributed by atoms with Crippen LogP contribution in [-0.2, 0) is 11.2 Å². The summed E-state index contributed by atoms with van der Waals surface area (Å²) in [7, 11) is 0. The van der Waals surface area contributed by atoms with E-state index in [2.05, 4.69) is 36.7 Å². The molecular formula is C15H25N3O. The van der Waals surface area contributed by atoms with Crippen LogP contribution in [0.15, 0.2) is 12.4 Å². The zero-order valence-corrected chi connectivity index (χ0v) is 12.5. The minimum atomic E-state index is 0.187. The van der Waals surface area contributed by atoms with Gasteiger partial charge in [0.15, 0.2) is 0 Å². The van der Waals surface area contributed by atoms with Crippen LogP contribution in [0.1, 0.15) is 52.1 Å². The molecule has 0 aliphatic carbocycles. The normalized spacial score (nSPS) is 17.8. The zero-order chi connectivity index (χ0) is 14.0. The van der Waals surface area contributed by atoms with Gasteiger partial charge >= 0.3 is 0 Å². The highest BCUT2D eigenvalue weighted by Crippen LogP contribution is 2.24. The first-order chi connectivity index (χ1) is 8.85. The molecule has 1 saturated heterocycles. The summed E-state index contributed by atoms with van der Waals surface area (Å²) in [6.07, 6.45) is 7.24. The summed E-state index contributed by atoms with van der Waals surface area (Å²) in [6.45, 7) is 10.1. The van der Waals surface area contributed by atoms with E-state index in [1.54, 1.807) is 6.92 Å². The molecule has 0 aromatic carbocycles. The first-order valence-electron chi connectivity index (χ1n) is 7.14. The topological polar surface area (TPSA) is 38.1 Å². The number of amides is 1. The lowest BCUT2D eigenvalue weighted by atomic mass is 9.89. The van der Waals surface area contributed by atoms with Gasteiger partial charge in [0.05, 0.1) is 12.2 Å². The highest BCUT2D eigenvalue weighted by atomic mass is 16.2. The minimum absolute atomic E-state index is 0.187. The molecule has 4 nitrogen and oxygen atoms in total. The lowest BCUT2D eigenvalue weighted by Crippen LogP contribution is -2.37. The van der Waals surface area contributed by atoms with Crippen LogP contribution in [-0.4, -0.2) is 33.7 Å². The lowest BCUT2D eigenvalue weighted by molar-refractivity contribution is -0.130. The third-order valence-electron chi connectivity index (χ3n) is 3.67. The maximum Gasteiger partial charge on any atom is 0.219 e. The molecule has 19 heavy (non-hydrogen) atoms. The van der Waals surface area contributed by atoms with E-state index in [-0.39, 0.29) is 5.91 Å². The average molecular weight is 263 g/mol. The van der Waals surface area contributed by atoms with Gasteiger partial charge in [-0.3, -0.25) is 9.48 Å². The number of likely N-dealkylation sites (tertiary alicyclic amines) is 1. The van der Waals surface area contributed by atoms with Crippen LogP contribution in [0.2, 0.25) is 0 Å². The molecule has 106 valence electrons. The largest absolute Gasteiger partial charge is 0.343 e. The van der Waals surface area contributed by atoms with E-state index in [1.807, 2.05) is 11.1 Å². The smallest absolute Gasteiger partial charge is 0.219 e. The molecule has 2 heterocycles. The SMILES string of the molecule is CC(=O)N1CCC(n2cc(CC(C)(C)C)cn2)CC1. The first-order valence-corrected chi connectivity index (χ1v) is 7.14. The molecule has 0 spiro atoms. The number of aromatic nitrogens is 2. The Kier molecular flexibility index (Phi) is 3.97. The van der Waals surface area contributed by atoms with Gasteiger partial charge in [-0.25, -0.2) is 0 Å². The van der Waals surface area contributed by atoms with E-state index in [4.69, 9.17) is 0 Å². The van der Waals surface area contributed by atoms with Crippen LogP contribution in [0.25, 0.3) is 0 Å². The quantitative estimate of drug-likeness (QED) is 0.822. The fourth-order valence-electron chi connectivity index (χ4n) is 2.73. The number of hydrogen-bond donors (Lipinski definition) is 0. The van der Waals surface area contributed by atoms with Gasteiger partial charge in [0.25, 0.3) is 0 Å². The Morgan fingerprint density at radius 1 is 1.37 bits per heavy atom. The summed E-state index contributed by atoms with van der Waals surface area (Å²) in [5.74, 6) is 0.187. The summed E-state index contributed by atoms with van der Waals surface area (Å²) in [6, 6.07) is 0.448. The second kappa shape index (κ2) is 5.35. The lowest BCUT2D eigenvalue weighted by Gasteiger charge is -2.31. The van der Waals surface area contributed by atoms with Crippen molar-refractivity contribution in [1.82, 2.24) is 14.7 Å². The van der Waals surface area contributed by atoms with Gasteiger partial charge in [0, 0.05) is 26.2 Å². The molecule has 0 bridgehead atoms. The van der Waals surface area contributed by atoms with Crippen LogP contribution in [0.3, 0.4) is 0 Å². The first kappa shape index (κ1) is 14.1. The summed E-state index contributed by atoms with van der Waals surface area (Å²) in [5, 5.41) is 4.51. The molecule has 1 aliphatic heterocycles. The van der Waals surface area contributed by atoms with Gasteiger partial charge in [0.2, 0.25) is 5.91 Å². The van der Waals surface area contributed by atoms with Crippen molar-refractivity contribution in [2.45, 2.75) is 53.0 Å². The molecule has 1 fully saturated rings. The number of hydrogen-bond acceptors (Lipinski definition) is 2. The highest BCUT2D eigenvalue weighted by molar-refractivity contribution is 5.73. The Balaban J connectivity index is 1.95. The maximum atomic E-state index is 11.3. The molecule has 1 aromatic rings. The monoisotopic (exact) mass is 263 g/mol. The summed E-state index contributed by atoms with van der Waals surface area (Å²) in [5.41, 5.74) is 1.60. The molecule has 0 atom stereocenters. The van der Waals surface area contributed by atoms with Crippen molar-refractivity contribution < 1.29 is 4.79 Å². The van der Waals surface area contributed by atoms with Crippen molar-refractivity contribution in [1.29, 1.82) is 0 Å². The minimum Gasteiger partial charge on any atom is -0.343 e. The Labute approximate surface area is 115 Å². The van der Waals surface area contributed by atoms with Gasteiger partial charge in [-0.05, 0) is 30.2 Å².